The summed E-state index contributed by atoms with van der Waals surface area (Å²) in [4.78, 5) is 4.99. The van der Waals surface area contributed by atoms with E-state index < -0.39 is 5.41 Å². The number of anilines is 6. The molecular weight excluding hydrogens is 761 g/mol. The van der Waals surface area contributed by atoms with Gasteiger partial charge in [-0.1, -0.05) is 206 Å². The third kappa shape index (κ3) is 5.72. The third-order valence-corrected chi connectivity index (χ3v) is 13.1. The molecule has 0 N–H and O–H groups in total. The molecule has 0 saturated heterocycles. The molecule has 0 bridgehead atoms. The van der Waals surface area contributed by atoms with Gasteiger partial charge in [-0.25, -0.2) is 0 Å². The van der Waals surface area contributed by atoms with Crippen molar-refractivity contribution in [2.24, 2.45) is 0 Å². The fraction of sp³-hybridized carbons (Fsp3) is 0.0164. The second-order valence-electron chi connectivity index (χ2n) is 16.4. The van der Waals surface area contributed by atoms with Crippen molar-refractivity contribution in [1.29, 1.82) is 0 Å². The highest BCUT2D eigenvalue weighted by molar-refractivity contribution is 6.04. The Hall–Kier alpha value is -8.20. The summed E-state index contributed by atoms with van der Waals surface area (Å²) in [5.41, 5.74) is 20.9. The highest BCUT2D eigenvalue weighted by Crippen LogP contribution is 2.65. The molecule has 2 aliphatic rings. The maximum Gasteiger partial charge on any atom is 0.0755 e. The minimum atomic E-state index is -0.589. The van der Waals surface area contributed by atoms with Crippen LogP contribution in [0.1, 0.15) is 22.3 Å². The Morgan fingerprint density at radius 1 is 0.286 bits per heavy atom. The molecule has 2 nitrogen and oxygen atoms in total. The molecule has 1 aliphatic carbocycles. The zero-order chi connectivity index (χ0) is 41.7. The molecule has 12 rings (SSSR count). The zero-order valence-electron chi connectivity index (χ0n) is 34.6. The fourth-order valence-corrected chi connectivity index (χ4v) is 10.5. The summed E-state index contributed by atoms with van der Waals surface area (Å²) < 4.78 is 0. The molecule has 0 amide bonds. The molecule has 1 heterocycles. The van der Waals surface area contributed by atoms with Crippen molar-refractivity contribution in [3.63, 3.8) is 0 Å². The predicted molar refractivity (Wildman–Crippen MR) is 263 cm³/mol. The Kier molecular flexibility index (Phi) is 8.76. The van der Waals surface area contributed by atoms with Gasteiger partial charge in [-0.15, -0.1) is 0 Å². The first kappa shape index (κ1) is 36.6. The van der Waals surface area contributed by atoms with Crippen LogP contribution in [-0.4, -0.2) is 0 Å². The fourth-order valence-electron chi connectivity index (χ4n) is 10.5. The van der Waals surface area contributed by atoms with Gasteiger partial charge >= 0.3 is 0 Å². The van der Waals surface area contributed by atoms with Gasteiger partial charge in [0.15, 0.2) is 0 Å². The van der Waals surface area contributed by atoms with E-state index in [-0.39, 0.29) is 0 Å². The number of nitrogens with zero attached hydrogens (tertiary/aromatic N) is 2. The van der Waals surface area contributed by atoms with Gasteiger partial charge in [-0.05, 0) is 98.6 Å². The van der Waals surface area contributed by atoms with E-state index >= 15 is 0 Å². The molecule has 296 valence electrons. The number of benzene rings is 10. The monoisotopic (exact) mass is 802 g/mol. The molecule has 0 radical (unpaired) electrons. The largest absolute Gasteiger partial charge is 0.310 e. The van der Waals surface area contributed by atoms with E-state index in [1.54, 1.807) is 0 Å². The Balaban J connectivity index is 1.16. The van der Waals surface area contributed by atoms with Crippen LogP contribution in [0.15, 0.2) is 255 Å². The molecule has 10 aromatic carbocycles. The van der Waals surface area contributed by atoms with Crippen LogP contribution >= 0.6 is 0 Å². The number of rotatable bonds is 7. The maximum atomic E-state index is 2.54. The Bertz CT molecular complexity index is 3250. The lowest BCUT2D eigenvalue weighted by Crippen LogP contribution is -2.36. The van der Waals surface area contributed by atoms with E-state index in [4.69, 9.17) is 0 Å². The van der Waals surface area contributed by atoms with Crippen molar-refractivity contribution in [2.45, 2.75) is 5.41 Å². The van der Waals surface area contributed by atoms with Gasteiger partial charge in [-0.2, -0.15) is 0 Å². The Morgan fingerprint density at radius 3 is 1.37 bits per heavy atom. The molecule has 10 aromatic rings. The van der Waals surface area contributed by atoms with Crippen LogP contribution in [0.3, 0.4) is 0 Å². The van der Waals surface area contributed by atoms with Crippen LogP contribution < -0.4 is 9.80 Å². The van der Waals surface area contributed by atoms with Gasteiger partial charge in [0.05, 0.1) is 33.9 Å². The van der Waals surface area contributed by atoms with Crippen LogP contribution in [-0.2, 0) is 5.41 Å². The second kappa shape index (κ2) is 15.1. The van der Waals surface area contributed by atoms with Crippen molar-refractivity contribution >= 4 is 34.1 Å². The number of para-hydroxylation sites is 5. The van der Waals surface area contributed by atoms with Gasteiger partial charge in [0.2, 0.25) is 0 Å². The summed E-state index contributed by atoms with van der Waals surface area (Å²) in [6.07, 6.45) is 0. The van der Waals surface area contributed by atoms with E-state index in [1.807, 2.05) is 0 Å². The molecule has 1 aliphatic heterocycles. The summed E-state index contributed by atoms with van der Waals surface area (Å²) in [6.45, 7) is 0. The minimum absolute atomic E-state index is 0.589. The lowest BCUT2D eigenvalue weighted by molar-refractivity contribution is 0.752. The number of hydrogen-bond acceptors (Lipinski definition) is 2. The van der Waals surface area contributed by atoms with Gasteiger partial charge < -0.3 is 9.80 Å². The molecule has 2 heteroatoms. The van der Waals surface area contributed by atoms with Crippen molar-refractivity contribution in [2.75, 3.05) is 9.80 Å². The molecule has 0 aromatic heterocycles. The van der Waals surface area contributed by atoms with Gasteiger partial charge in [-0.3, -0.25) is 0 Å². The summed E-state index contributed by atoms with van der Waals surface area (Å²) in [6, 6.07) is 93.4. The molecule has 0 fully saturated rings. The van der Waals surface area contributed by atoms with Crippen LogP contribution in [0.5, 0.6) is 0 Å². The first-order chi connectivity index (χ1) is 31.3. The van der Waals surface area contributed by atoms with Crippen LogP contribution in [0.4, 0.5) is 34.1 Å². The minimum Gasteiger partial charge on any atom is -0.310 e. The summed E-state index contributed by atoms with van der Waals surface area (Å²) in [5.74, 6) is 0. The average molecular weight is 803 g/mol. The molecule has 63 heavy (non-hydrogen) atoms. The van der Waals surface area contributed by atoms with E-state index in [0.717, 1.165) is 39.4 Å². The number of fused-ring (bicyclic) bond motifs is 9. The highest BCUT2D eigenvalue weighted by Gasteiger charge is 2.52. The van der Waals surface area contributed by atoms with E-state index in [1.165, 1.54) is 61.4 Å². The van der Waals surface area contributed by atoms with Crippen LogP contribution in [0.25, 0.3) is 44.5 Å². The zero-order valence-corrected chi connectivity index (χ0v) is 34.6. The summed E-state index contributed by atoms with van der Waals surface area (Å²) >= 11 is 0. The Labute approximate surface area is 369 Å². The Morgan fingerprint density at radius 2 is 0.714 bits per heavy atom. The first-order valence-corrected chi connectivity index (χ1v) is 21.8. The molecule has 1 spiro atoms. The average Bonchev–Trinajstić information content (AvgIpc) is 3.66. The quantitative estimate of drug-likeness (QED) is 0.158. The van der Waals surface area contributed by atoms with Gasteiger partial charge in [0.25, 0.3) is 0 Å². The lowest BCUT2D eigenvalue weighted by Gasteiger charge is -2.45. The molecular formula is C61H42N2. The first-order valence-electron chi connectivity index (χ1n) is 21.8. The highest BCUT2D eigenvalue weighted by atomic mass is 15.2. The smallest absolute Gasteiger partial charge is 0.0755 e. The van der Waals surface area contributed by atoms with E-state index in [9.17, 15) is 0 Å². The van der Waals surface area contributed by atoms with E-state index in [2.05, 4.69) is 265 Å². The summed E-state index contributed by atoms with van der Waals surface area (Å²) in [5, 5.41) is 0. The lowest BCUT2D eigenvalue weighted by atomic mass is 9.64. The van der Waals surface area contributed by atoms with E-state index in [0.29, 0.717) is 0 Å². The normalized spacial score (nSPS) is 12.9. The number of hydrogen-bond donors (Lipinski definition) is 0. The van der Waals surface area contributed by atoms with Crippen molar-refractivity contribution < 1.29 is 0 Å². The summed E-state index contributed by atoms with van der Waals surface area (Å²) in [7, 11) is 0. The maximum absolute atomic E-state index is 2.54. The second-order valence-corrected chi connectivity index (χ2v) is 16.4. The van der Waals surface area contributed by atoms with Gasteiger partial charge in [0, 0.05) is 22.4 Å². The van der Waals surface area contributed by atoms with Gasteiger partial charge in [0.1, 0.15) is 0 Å². The molecule has 0 saturated carbocycles. The standard InChI is InChI=1S/C61H42N2/c1-4-22-43(23-5-1)45-26-20-27-46(42-45)49-31-12-17-38-56(49)63(55-37-16-11-30-48(55)44-24-6-2-7-25-44)59-41-21-36-54-60(59)50-32-10-13-33-51(50)61(54)52-34-14-18-39-57(52)62(47-28-8-3-9-29-47)58-40-19-15-35-53(58)61/h1-42H. The predicted octanol–water partition coefficient (Wildman–Crippen LogP) is 16.3. The topological polar surface area (TPSA) is 6.48 Å². The van der Waals surface area contributed by atoms with Crippen molar-refractivity contribution in [3.05, 3.63) is 277 Å². The molecule has 0 atom stereocenters. The SMILES string of the molecule is c1ccc(-c2cccc(-c3ccccc3N(c3ccccc3-c3ccccc3)c3cccc4c3-c3ccccc3C43c4ccccc4N(c4ccccc4)c4ccccc43)c2)cc1. The van der Waals surface area contributed by atoms with Crippen molar-refractivity contribution in [1.82, 2.24) is 0 Å². The van der Waals surface area contributed by atoms with Crippen molar-refractivity contribution in [3.8, 4) is 44.5 Å². The third-order valence-electron chi connectivity index (χ3n) is 13.1. The van der Waals surface area contributed by atoms with Crippen LogP contribution in [0, 0.1) is 0 Å². The molecule has 0 unspecified atom stereocenters. The van der Waals surface area contributed by atoms with Crippen LogP contribution in [0.2, 0.25) is 0 Å².